The number of aromatic nitrogens is 2. The molecular formula is C10H15BrF3N3. The quantitative estimate of drug-likeness (QED) is 0.852. The fourth-order valence-corrected chi connectivity index (χ4v) is 2.35. The highest BCUT2D eigenvalue weighted by Crippen LogP contribution is 2.24. The van der Waals surface area contributed by atoms with E-state index in [9.17, 15) is 13.2 Å². The van der Waals surface area contributed by atoms with Crippen LogP contribution < -0.4 is 0 Å². The van der Waals surface area contributed by atoms with Gasteiger partial charge in [0.25, 0.3) is 0 Å². The largest absolute Gasteiger partial charge is 0.401 e. The fraction of sp³-hybridized carbons (Fsp3) is 0.700. The van der Waals surface area contributed by atoms with Gasteiger partial charge in [-0.05, 0) is 29.4 Å². The SMILES string of the molecule is CCc1nn(C)c(CN(C)CC(F)(F)F)c1Br. The number of alkyl halides is 3. The Bertz CT molecular complexity index is 387. The van der Waals surface area contributed by atoms with E-state index in [1.165, 1.54) is 11.9 Å². The van der Waals surface area contributed by atoms with Gasteiger partial charge in [-0.25, -0.2) is 0 Å². The van der Waals surface area contributed by atoms with Crippen LogP contribution in [0.25, 0.3) is 0 Å². The predicted octanol–water partition coefficient (Wildman–Crippen LogP) is 2.74. The first-order valence-electron chi connectivity index (χ1n) is 5.20. The topological polar surface area (TPSA) is 21.1 Å². The Kier molecular flexibility index (Phi) is 4.60. The van der Waals surface area contributed by atoms with Gasteiger partial charge in [-0.2, -0.15) is 18.3 Å². The molecule has 0 aliphatic carbocycles. The van der Waals surface area contributed by atoms with Gasteiger partial charge in [-0.15, -0.1) is 0 Å². The standard InChI is InChI=1S/C10H15BrF3N3/c1-4-7-9(11)8(17(3)15-7)5-16(2)6-10(12,13)14/h4-6H2,1-3H3. The molecule has 0 amide bonds. The minimum Gasteiger partial charge on any atom is -0.292 e. The Labute approximate surface area is 107 Å². The van der Waals surface area contributed by atoms with Gasteiger partial charge in [0, 0.05) is 13.6 Å². The lowest BCUT2D eigenvalue weighted by Gasteiger charge is -2.18. The van der Waals surface area contributed by atoms with Gasteiger partial charge < -0.3 is 0 Å². The summed E-state index contributed by atoms with van der Waals surface area (Å²) < 4.78 is 39.0. The first-order chi connectivity index (χ1) is 7.74. The molecule has 7 heteroatoms. The maximum absolute atomic E-state index is 12.2. The van der Waals surface area contributed by atoms with Crippen molar-refractivity contribution >= 4 is 15.9 Å². The van der Waals surface area contributed by atoms with Crippen molar-refractivity contribution in [3.63, 3.8) is 0 Å². The first-order valence-corrected chi connectivity index (χ1v) is 5.99. The first kappa shape index (κ1) is 14.5. The number of hydrogen-bond donors (Lipinski definition) is 0. The zero-order valence-corrected chi connectivity index (χ0v) is 11.6. The molecule has 17 heavy (non-hydrogen) atoms. The lowest BCUT2D eigenvalue weighted by molar-refractivity contribution is -0.144. The van der Waals surface area contributed by atoms with E-state index in [0.717, 1.165) is 22.3 Å². The van der Waals surface area contributed by atoms with Crippen LogP contribution in [0.4, 0.5) is 13.2 Å². The maximum atomic E-state index is 12.2. The van der Waals surface area contributed by atoms with E-state index in [4.69, 9.17) is 0 Å². The van der Waals surface area contributed by atoms with Crippen LogP contribution in [0.3, 0.4) is 0 Å². The molecule has 1 aromatic rings. The fourth-order valence-electron chi connectivity index (χ4n) is 1.61. The van der Waals surface area contributed by atoms with Crippen molar-refractivity contribution in [1.82, 2.24) is 14.7 Å². The van der Waals surface area contributed by atoms with Crippen molar-refractivity contribution in [1.29, 1.82) is 0 Å². The molecule has 1 aromatic heterocycles. The molecular weight excluding hydrogens is 299 g/mol. The Morgan fingerprint density at radius 1 is 1.41 bits per heavy atom. The van der Waals surface area contributed by atoms with Crippen LogP contribution in [0.15, 0.2) is 4.47 Å². The average molecular weight is 314 g/mol. The molecule has 0 bridgehead atoms. The third-order valence-corrected chi connectivity index (χ3v) is 3.29. The Morgan fingerprint density at radius 3 is 2.41 bits per heavy atom. The molecule has 0 saturated heterocycles. The van der Waals surface area contributed by atoms with Crippen molar-refractivity contribution in [2.45, 2.75) is 26.1 Å². The third kappa shape index (κ3) is 3.99. The molecule has 0 saturated carbocycles. The van der Waals surface area contributed by atoms with Crippen LogP contribution in [0.2, 0.25) is 0 Å². The van der Waals surface area contributed by atoms with Gasteiger partial charge in [0.15, 0.2) is 0 Å². The van der Waals surface area contributed by atoms with E-state index in [-0.39, 0.29) is 6.54 Å². The van der Waals surface area contributed by atoms with E-state index in [1.807, 2.05) is 6.92 Å². The van der Waals surface area contributed by atoms with Crippen molar-refractivity contribution in [3.05, 3.63) is 15.9 Å². The lowest BCUT2D eigenvalue weighted by atomic mass is 10.3. The van der Waals surface area contributed by atoms with E-state index < -0.39 is 12.7 Å². The van der Waals surface area contributed by atoms with Crippen molar-refractivity contribution in [2.24, 2.45) is 7.05 Å². The van der Waals surface area contributed by atoms with Crippen LogP contribution in [-0.2, 0) is 20.0 Å². The van der Waals surface area contributed by atoms with Crippen LogP contribution in [-0.4, -0.2) is 34.4 Å². The molecule has 0 fully saturated rings. The molecule has 1 rings (SSSR count). The van der Waals surface area contributed by atoms with E-state index in [2.05, 4.69) is 21.0 Å². The van der Waals surface area contributed by atoms with Crippen LogP contribution in [0, 0.1) is 0 Å². The molecule has 1 heterocycles. The Morgan fingerprint density at radius 2 is 2.00 bits per heavy atom. The normalized spacial score (nSPS) is 12.5. The molecule has 0 unspecified atom stereocenters. The molecule has 3 nitrogen and oxygen atoms in total. The summed E-state index contributed by atoms with van der Waals surface area (Å²) in [6.07, 6.45) is -3.43. The molecule has 0 aliphatic rings. The second-order valence-electron chi connectivity index (χ2n) is 3.97. The number of halogens is 4. The zero-order valence-electron chi connectivity index (χ0n) is 9.97. The minimum atomic E-state index is -4.17. The summed E-state index contributed by atoms with van der Waals surface area (Å²) in [4.78, 5) is 1.22. The van der Waals surface area contributed by atoms with Crippen LogP contribution >= 0.6 is 15.9 Å². The average Bonchev–Trinajstić information content (AvgIpc) is 2.42. The Balaban J connectivity index is 2.78. The van der Waals surface area contributed by atoms with Crippen LogP contribution in [0.5, 0.6) is 0 Å². The molecule has 0 radical (unpaired) electrons. The zero-order chi connectivity index (χ0) is 13.2. The highest BCUT2D eigenvalue weighted by atomic mass is 79.9. The second kappa shape index (κ2) is 5.39. The number of aryl methyl sites for hydroxylation is 2. The van der Waals surface area contributed by atoms with Gasteiger partial charge in [0.05, 0.1) is 22.4 Å². The van der Waals surface area contributed by atoms with Crippen molar-refractivity contribution < 1.29 is 13.2 Å². The summed E-state index contributed by atoms with van der Waals surface area (Å²) in [6, 6.07) is 0. The highest BCUT2D eigenvalue weighted by Gasteiger charge is 2.29. The summed E-state index contributed by atoms with van der Waals surface area (Å²) in [7, 11) is 3.18. The molecule has 0 aliphatic heterocycles. The molecule has 0 aromatic carbocycles. The van der Waals surface area contributed by atoms with E-state index in [0.29, 0.717) is 0 Å². The van der Waals surface area contributed by atoms with E-state index >= 15 is 0 Å². The molecule has 0 N–H and O–H groups in total. The van der Waals surface area contributed by atoms with Crippen molar-refractivity contribution in [2.75, 3.05) is 13.6 Å². The van der Waals surface area contributed by atoms with Crippen molar-refractivity contribution in [3.8, 4) is 0 Å². The smallest absolute Gasteiger partial charge is 0.292 e. The summed E-state index contributed by atoms with van der Waals surface area (Å²) in [6.45, 7) is 1.24. The summed E-state index contributed by atoms with van der Waals surface area (Å²) >= 11 is 3.38. The number of nitrogens with zero attached hydrogens (tertiary/aromatic N) is 3. The number of hydrogen-bond acceptors (Lipinski definition) is 2. The Hall–Kier alpha value is -0.560. The van der Waals surface area contributed by atoms with Gasteiger partial charge in [0.2, 0.25) is 0 Å². The van der Waals surface area contributed by atoms with Gasteiger partial charge >= 0.3 is 6.18 Å². The van der Waals surface area contributed by atoms with Gasteiger partial charge in [-0.3, -0.25) is 9.58 Å². The second-order valence-corrected chi connectivity index (χ2v) is 4.76. The summed E-state index contributed by atoms with van der Waals surface area (Å²) in [5.74, 6) is 0. The minimum absolute atomic E-state index is 0.212. The van der Waals surface area contributed by atoms with Gasteiger partial charge in [0.1, 0.15) is 0 Å². The third-order valence-electron chi connectivity index (χ3n) is 2.37. The van der Waals surface area contributed by atoms with Gasteiger partial charge in [-0.1, -0.05) is 6.92 Å². The van der Waals surface area contributed by atoms with Crippen LogP contribution in [0.1, 0.15) is 18.3 Å². The maximum Gasteiger partial charge on any atom is 0.401 e. The number of rotatable bonds is 4. The molecule has 0 spiro atoms. The highest BCUT2D eigenvalue weighted by molar-refractivity contribution is 9.10. The molecule has 0 atom stereocenters. The predicted molar refractivity (Wildman–Crippen MR) is 62.7 cm³/mol. The summed E-state index contributed by atoms with van der Waals surface area (Å²) in [5.41, 5.74) is 1.62. The molecule has 98 valence electrons. The van der Waals surface area contributed by atoms with E-state index in [1.54, 1.807) is 11.7 Å². The lowest BCUT2D eigenvalue weighted by Crippen LogP contribution is -2.31. The summed E-state index contributed by atoms with van der Waals surface area (Å²) in [5, 5.41) is 4.24. The monoisotopic (exact) mass is 313 g/mol.